The van der Waals surface area contributed by atoms with Crippen molar-refractivity contribution in [3.05, 3.63) is 18.3 Å². The summed E-state index contributed by atoms with van der Waals surface area (Å²) in [5.41, 5.74) is 0.556. The van der Waals surface area contributed by atoms with Crippen molar-refractivity contribution in [1.29, 1.82) is 0 Å². The molecule has 0 spiro atoms. The molecule has 214 valence electrons. The zero-order valence-corrected chi connectivity index (χ0v) is 25.2. The minimum atomic E-state index is -3.41. The van der Waals surface area contributed by atoms with E-state index in [9.17, 15) is 9.36 Å². The van der Waals surface area contributed by atoms with Crippen LogP contribution in [-0.2, 0) is 18.4 Å². The standard InChI is InChI=1S/C28H51N2O5PS/c1-4-6-8-10-12-14-16-18-22-34-36(32,35-23-19-17-15-13-11-9-7-5-2)37-25-27(31)30-26-20-21-28(33-3)29-24-26/h20-21,24H,4-19,22-23,25H2,1-3H3,(H,30,31). The summed E-state index contributed by atoms with van der Waals surface area (Å²) >= 11 is 0.968. The molecular weight excluding hydrogens is 507 g/mol. The topological polar surface area (TPSA) is 86.8 Å². The highest BCUT2D eigenvalue weighted by Crippen LogP contribution is 2.60. The Morgan fingerprint density at radius 1 is 0.811 bits per heavy atom. The van der Waals surface area contributed by atoms with Crippen LogP contribution in [0.3, 0.4) is 0 Å². The molecule has 1 amide bonds. The molecule has 1 N–H and O–H groups in total. The fourth-order valence-corrected chi connectivity index (χ4v) is 6.84. The summed E-state index contributed by atoms with van der Waals surface area (Å²) in [5, 5.41) is 2.77. The number of rotatable bonds is 25. The summed E-state index contributed by atoms with van der Waals surface area (Å²) in [6.07, 6.45) is 20.5. The monoisotopic (exact) mass is 558 g/mol. The zero-order chi connectivity index (χ0) is 27.0. The van der Waals surface area contributed by atoms with Crippen molar-refractivity contribution < 1.29 is 23.1 Å². The number of ether oxygens (including phenoxy) is 1. The molecule has 1 aromatic rings. The third-order valence-electron chi connectivity index (χ3n) is 6.08. The Morgan fingerprint density at radius 2 is 1.30 bits per heavy atom. The van der Waals surface area contributed by atoms with Gasteiger partial charge in [-0.1, -0.05) is 104 Å². The SMILES string of the molecule is CCCCCCCCCCOP(=O)(OCCCCCCCCCC)SCC(=O)Nc1ccc(OC)nc1. The number of pyridine rings is 1. The molecule has 37 heavy (non-hydrogen) atoms. The molecule has 0 aliphatic carbocycles. The van der Waals surface area contributed by atoms with Gasteiger partial charge in [-0.3, -0.25) is 4.79 Å². The van der Waals surface area contributed by atoms with Crippen LogP contribution in [0.5, 0.6) is 5.88 Å². The Labute approximate surface area is 229 Å². The average Bonchev–Trinajstić information content (AvgIpc) is 2.90. The van der Waals surface area contributed by atoms with E-state index in [0.717, 1.165) is 37.1 Å². The minimum Gasteiger partial charge on any atom is -0.481 e. The normalized spacial score (nSPS) is 11.5. The Hall–Kier alpha value is -1.08. The van der Waals surface area contributed by atoms with Crippen molar-refractivity contribution in [3.63, 3.8) is 0 Å². The average molecular weight is 559 g/mol. The van der Waals surface area contributed by atoms with Gasteiger partial charge in [0.1, 0.15) is 0 Å². The maximum atomic E-state index is 13.4. The fourth-order valence-electron chi connectivity index (χ4n) is 3.85. The van der Waals surface area contributed by atoms with E-state index in [4.69, 9.17) is 13.8 Å². The molecule has 0 atom stereocenters. The predicted octanol–water partition coefficient (Wildman–Crippen LogP) is 9.18. The number of unbranched alkanes of at least 4 members (excludes halogenated alkanes) is 14. The third-order valence-corrected chi connectivity index (χ3v) is 9.75. The van der Waals surface area contributed by atoms with E-state index >= 15 is 0 Å². The van der Waals surface area contributed by atoms with Gasteiger partial charge in [-0.25, -0.2) is 9.55 Å². The van der Waals surface area contributed by atoms with Crippen molar-refractivity contribution in [2.45, 2.75) is 117 Å². The molecule has 7 nitrogen and oxygen atoms in total. The van der Waals surface area contributed by atoms with Crippen LogP contribution in [0.4, 0.5) is 5.69 Å². The minimum absolute atomic E-state index is 0.0157. The van der Waals surface area contributed by atoms with E-state index in [2.05, 4.69) is 24.1 Å². The third kappa shape index (κ3) is 18.8. The van der Waals surface area contributed by atoms with E-state index in [1.807, 2.05) is 0 Å². The molecule has 9 heteroatoms. The molecule has 0 bridgehead atoms. The second-order valence-corrected chi connectivity index (χ2v) is 13.5. The molecule has 0 radical (unpaired) electrons. The lowest BCUT2D eigenvalue weighted by Crippen LogP contribution is -2.14. The molecule has 1 heterocycles. The van der Waals surface area contributed by atoms with Crippen LogP contribution in [0.1, 0.15) is 117 Å². The van der Waals surface area contributed by atoms with E-state index in [1.54, 1.807) is 12.1 Å². The smallest absolute Gasteiger partial charge is 0.389 e. The van der Waals surface area contributed by atoms with Gasteiger partial charge in [-0.2, -0.15) is 0 Å². The first-order chi connectivity index (χ1) is 18.0. The maximum absolute atomic E-state index is 13.4. The number of nitrogens with one attached hydrogen (secondary N) is 1. The van der Waals surface area contributed by atoms with Crippen LogP contribution in [0.2, 0.25) is 0 Å². The van der Waals surface area contributed by atoms with Crippen molar-refractivity contribution in [3.8, 4) is 5.88 Å². The lowest BCUT2D eigenvalue weighted by atomic mass is 10.1. The molecular formula is C28H51N2O5PS. The van der Waals surface area contributed by atoms with Crippen molar-refractivity contribution >= 4 is 29.8 Å². The quantitative estimate of drug-likeness (QED) is 0.0945. The van der Waals surface area contributed by atoms with Gasteiger partial charge in [0.15, 0.2) is 0 Å². The Morgan fingerprint density at radius 3 is 1.73 bits per heavy atom. The highest BCUT2D eigenvalue weighted by atomic mass is 32.7. The van der Waals surface area contributed by atoms with Gasteiger partial charge in [0.25, 0.3) is 0 Å². The summed E-state index contributed by atoms with van der Waals surface area (Å²) in [7, 11) is 1.54. The Kier molecular flexibility index (Phi) is 21.0. The number of amides is 1. The van der Waals surface area contributed by atoms with Crippen LogP contribution in [-0.4, -0.2) is 37.0 Å². The first-order valence-electron chi connectivity index (χ1n) is 14.4. The fraction of sp³-hybridized carbons (Fsp3) is 0.786. The van der Waals surface area contributed by atoms with Gasteiger partial charge in [0.2, 0.25) is 11.8 Å². The van der Waals surface area contributed by atoms with Gasteiger partial charge >= 0.3 is 6.80 Å². The molecule has 0 unspecified atom stereocenters. The van der Waals surface area contributed by atoms with Crippen molar-refractivity contribution in [2.24, 2.45) is 0 Å². The zero-order valence-electron chi connectivity index (χ0n) is 23.5. The van der Waals surface area contributed by atoms with Crippen molar-refractivity contribution in [2.75, 3.05) is 31.4 Å². The number of carbonyl (C=O) groups is 1. The summed E-state index contributed by atoms with van der Waals surface area (Å²) in [5.74, 6) is 0.183. The summed E-state index contributed by atoms with van der Waals surface area (Å²) in [4.78, 5) is 16.5. The summed E-state index contributed by atoms with van der Waals surface area (Å²) in [6, 6.07) is 3.39. The Bertz CT molecular complexity index is 710. The van der Waals surface area contributed by atoms with Gasteiger partial charge in [0, 0.05) is 6.07 Å². The van der Waals surface area contributed by atoms with Gasteiger partial charge in [-0.05, 0) is 30.3 Å². The Balaban J connectivity index is 2.40. The molecule has 0 saturated heterocycles. The van der Waals surface area contributed by atoms with Crippen LogP contribution in [0, 0.1) is 0 Å². The molecule has 0 saturated carbocycles. The molecule has 0 fully saturated rings. The number of methoxy groups -OCH3 is 1. The molecule has 0 aromatic carbocycles. The second kappa shape index (κ2) is 22.9. The molecule has 0 aliphatic heterocycles. The summed E-state index contributed by atoms with van der Waals surface area (Å²) < 4.78 is 29.9. The first kappa shape index (κ1) is 33.9. The van der Waals surface area contributed by atoms with E-state index in [0.29, 0.717) is 24.8 Å². The first-order valence-corrected chi connectivity index (χ1v) is 17.5. The highest BCUT2D eigenvalue weighted by molar-refractivity contribution is 8.55. The van der Waals surface area contributed by atoms with Crippen molar-refractivity contribution in [1.82, 2.24) is 4.98 Å². The van der Waals surface area contributed by atoms with Gasteiger partial charge in [0.05, 0.1) is 38.0 Å². The van der Waals surface area contributed by atoms with Gasteiger partial charge < -0.3 is 19.1 Å². The molecule has 1 rings (SSSR count). The number of nitrogens with zero attached hydrogens (tertiary/aromatic N) is 1. The lowest BCUT2D eigenvalue weighted by molar-refractivity contribution is -0.113. The van der Waals surface area contributed by atoms with Crippen LogP contribution in [0.25, 0.3) is 0 Å². The van der Waals surface area contributed by atoms with Crippen LogP contribution < -0.4 is 10.1 Å². The maximum Gasteiger partial charge on any atom is 0.389 e. The molecule has 0 aliphatic rings. The molecule has 1 aromatic heterocycles. The van der Waals surface area contributed by atoms with E-state index < -0.39 is 6.80 Å². The van der Waals surface area contributed by atoms with E-state index in [-0.39, 0.29) is 11.7 Å². The second-order valence-electron chi connectivity index (χ2n) is 9.47. The highest BCUT2D eigenvalue weighted by Gasteiger charge is 2.27. The van der Waals surface area contributed by atoms with Gasteiger partial charge in [-0.15, -0.1) is 0 Å². The number of hydrogen-bond donors (Lipinski definition) is 1. The van der Waals surface area contributed by atoms with Crippen LogP contribution >= 0.6 is 18.2 Å². The number of hydrogen-bond acceptors (Lipinski definition) is 7. The number of aromatic nitrogens is 1. The van der Waals surface area contributed by atoms with E-state index in [1.165, 1.54) is 90.4 Å². The lowest BCUT2D eigenvalue weighted by Gasteiger charge is -2.18. The predicted molar refractivity (Wildman–Crippen MR) is 157 cm³/mol. The number of carbonyl (C=O) groups excluding carboxylic acids is 1. The number of anilines is 1. The van der Waals surface area contributed by atoms with Crippen LogP contribution in [0.15, 0.2) is 18.3 Å². The largest absolute Gasteiger partial charge is 0.481 e. The summed E-state index contributed by atoms with van der Waals surface area (Å²) in [6.45, 7) is 1.82.